The number of nitrogens with one attached hydrogen (secondary N) is 4. The van der Waals surface area contributed by atoms with Crippen molar-refractivity contribution in [3.63, 3.8) is 0 Å². The van der Waals surface area contributed by atoms with E-state index in [1.165, 1.54) is 5.69 Å². The molecule has 1 aliphatic rings. The third-order valence-corrected chi connectivity index (χ3v) is 4.41. The van der Waals surface area contributed by atoms with Crippen LogP contribution in [0.15, 0.2) is 48.8 Å². The number of benzene rings is 1. The molecule has 3 heterocycles. The molecule has 0 bridgehead atoms. The SMILES string of the molecule is Cn1cccc1C1CC(C(=O)Nc2c[nH]c3ccccc23)NN1. The molecule has 1 fully saturated rings. The maximum absolute atomic E-state index is 12.5. The number of rotatable bonds is 3. The Morgan fingerprint density at radius 3 is 2.91 bits per heavy atom. The number of hydrogen-bond acceptors (Lipinski definition) is 3. The molecule has 0 aliphatic carbocycles. The Kier molecular flexibility index (Phi) is 3.40. The Bertz CT molecular complexity index is 849. The van der Waals surface area contributed by atoms with Crippen LogP contribution in [0.1, 0.15) is 18.2 Å². The van der Waals surface area contributed by atoms with Crippen molar-refractivity contribution in [2.24, 2.45) is 7.05 Å². The maximum Gasteiger partial charge on any atom is 0.242 e. The summed E-state index contributed by atoms with van der Waals surface area (Å²) < 4.78 is 2.07. The Balaban J connectivity index is 1.47. The summed E-state index contributed by atoms with van der Waals surface area (Å²) in [7, 11) is 2.01. The third-order valence-electron chi connectivity index (χ3n) is 4.41. The number of aromatic nitrogens is 2. The fraction of sp³-hybridized carbons (Fsp3) is 0.235. The van der Waals surface area contributed by atoms with E-state index in [4.69, 9.17) is 0 Å². The van der Waals surface area contributed by atoms with Crippen molar-refractivity contribution in [1.29, 1.82) is 0 Å². The summed E-state index contributed by atoms with van der Waals surface area (Å²) in [5.41, 5.74) is 9.30. The molecule has 1 saturated heterocycles. The number of para-hydroxylation sites is 1. The molecule has 2 aromatic heterocycles. The largest absolute Gasteiger partial charge is 0.359 e. The fourth-order valence-corrected chi connectivity index (χ4v) is 3.15. The lowest BCUT2D eigenvalue weighted by molar-refractivity contribution is -0.117. The van der Waals surface area contributed by atoms with Gasteiger partial charge in [-0.25, -0.2) is 10.9 Å². The smallest absolute Gasteiger partial charge is 0.242 e. The quantitative estimate of drug-likeness (QED) is 0.598. The number of hydrazine groups is 1. The minimum absolute atomic E-state index is 0.0287. The Morgan fingerprint density at radius 2 is 2.09 bits per heavy atom. The first kappa shape index (κ1) is 14.0. The van der Waals surface area contributed by atoms with Crippen molar-refractivity contribution in [1.82, 2.24) is 20.4 Å². The molecule has 1 amide bonds. The number of H-pyrrole nitrogens is 1. The van der Waals surface area contributed by atoms with E-state index in [9.17, 15) is 4.79 Å². The first-order valence-corrected chi connectivity index (χ1v) is 7.71. The fourth-order valence-electron chi connectivity index (χ4n) is 3.15. The third kappa shape index (κ3) is 2.52. The van der Waals surface area contributed by atoms with E-state index in [-0.39, 0.29) is 18.0 Å². The normalized spacial score (nSPS) is 20.9. The summed E-state index contributed by atoms with van der Waals surface area (Å²) in [6.45, 7) is 0. The van der Waals surface area contributed by atoms with Crippen LogP contribution >= 0.6 is 0 Å². The van der Waals surface area contributed by atoms with Crippen LogP contribution in [-0.2, 0) is 11.8 Å². The predicted octanol–water partition coefficient (Wildman–Crippen LogP) is 2.05. The highest BCUT2D eigenvalue weighted by molar-refractivity contribution is 6.03. The highest BCUT2D eigenvalue weighted by Crippen LogP contribution is 2.25. The predicted molar refractivity (Wildman–Crippen MR) is 89.8 cm³/mol. The average molecular weight is 309 g/mol. The zero-order chi connectivity index (χ0) is 15.8. The number of hydrogen-bond donors (Lipinski definition) is 4. The molecule has 6 nitrogen and oxygen atoms in total. The molecule has 4 N–H and O–H groups in total. The van der Waals surface area contributed by atoms with Crippen LogP contribution in [0.25, 0.3) is 10.9 Å². The lowest BCUT2D eigenvalue weighted by atomic mass is 10.1. The number of anilines is 1. The van der Waals surface area contributed by atoms with Gasteiger partial charge >= 0.3 is 0 Å². The summed E-state index contributed by atoms with van der Waals surface area (Å²) in [6, 6.07) is 11.9. The van der Waals surface area contributed by atoms with E-state index in [0.717, 1.165) is 16.6 Å². The van der Waals surface area contributed by atoms with Crippen molar-refractivity contribution in [2.45, 2.75) is 18.5 Å². The van der Waals surface area contributed by atoms with E-state index in [1.54, 1.807) is 0 Å². The monoisotopic (exact) mass is 309 g/mol. The molecule has 0 spiro atoms. The van der Waals surface area contributed by atoms with E-state index in [0.29, 0.717) is 6.42 Å². The van der Waals surface area contributed by atoms with Crippen LogP contribution in [0.3, 0.4) is 0 Å². The zero-order valence-corrected chi connectivity index (χ0v) is 12.8. The van der Waals surface area contributed by atoms with Gasteiger partial charge in [-0.3, -0.25) is 4.79 Å². The Morgan fingerprint density at radius 1 is 1.22 bits per heavy atom. The lowest BCUT2D eigenvalue weighted by Gasteiger charge is -2.11. The number of fused-ring (bicyclic) bond motifs is 1. The number of carbonyl (C=O) groups excluding carboxylic acids is 1. The van der Waals surface area contributed by atoms with E-state index < -0.39 is 0 Å². The van der Waals surface area contributed by atoms with Crippen LogP contribution in [0, 0.1) is 0 Å². The minimum atomic E-state index is -0.261. The van der Waals surface area contributed by atoms with E-state index in [2.05, 4.69) is 31.8 Å². The molecule has 6 heteroatoms. The van der Waals surface area contributed by atoms with Crippen LogP contribution in [0.5, 0.6) is 0 Å². The van der Waals surface area contributed by atoms with Gasteiger partial charge in [0.05, 0.1) is 11.7 Å². The van der Waals surface area contributed by atoms with E-state index >= 15 is 0 Å². The zero-order valence-electron chi connectivity index (χ0n) is 12.8. The van der Waals surface area contributed by atoms with Gasteiger partial charge in [-0.1, -0.05) is 18.2 Å². The molecular formula is C17H19N5O. The van der Waals surface area contributed by atoms with Crippen molar-refractivity contribution >= 4 is 22.5 Å². The van der Waals surface area contributed by atoms with Gasteiger partial charge in [-0.05, 0) is 24.6 Å². The first-order valence-electron chi connectivity index (χ1n) is 7.71. The van der Waals surface area contributed by atoms with Gasteiger partial charge in [0.2, 0.25) is 5.91 Å². The number of nitrogens with zero attached hydrogens (tertiary/aromatic N) is 1. The number of amides is 1. The molecule has 0 saturated carbocycles. The first-order chi connectivity index (χ1) is 11.2. The molecule has 0 radical (unpaired) electrons. The average Bonchev–Trinajstić information content (AvgIpc) is 3.27. The molecule has 23 heavy (non-hydrogen) atoms. The molecule has 1 aromatic carbocycles. The topological polar surface area (TPSA) is 73.9 Å². The molecule has 118 valence electrons. The maximum atomic E-state index is 12.5. The van der Waals surface area contributed by atoms with Crippen molar-refractivity contribution < 1.29 is 4.79 Å². The Hall–Kier alpha value is -2.57. The standard InChI is InChI=1S/C17H19N5O/c1-22-8-4-7-16(22)13-9-14(21-20-13)17(23)19-15-10-18-12-6-3-2-5-11(12)15/h2-8,10,13-14,18,20-21H,9H2,1H3,(H,19,23). The van der Waals surface area contributed by atoms with E-state index in [1.807, 2.05) is 49.8 Å². The highest BCUT2D eigenvalue weighted by Gasteiger charge is 2.31. The number of aromatic amines is 1. The van der Waals surface area contributed by atoms with Gasteiger partial charge < -0.3 is 14.9 Å². The molecule has 3 aromatic rings. The highest BCUT2D eigenvalue weighted by atomic mass is 16.2. The van der Waals surface area contributed by atoms with Gasteiger partial charge in [0.1, 0.15) is 6.04 Å². The van der Waals surface area contributed by atoms with Crippen LogP contribution in [0.2, 0.25) is 0 Å². The number of aryl methyl sites for hydroxylation is 1. The van der Waals surface area contributed by atoms with Crippen LogP contribution in [-0.4, -0.2) is 21.5 Å². The summed E-state index contributed by atoms with van der Waals surface area (Å²) in [6.07, 6.45) is 4.56. The van der Waals surface area contributed by atoms with Gasteiger partial charge in [0.25, 0.3) is 0 Å². The van der Waals surface area contributed by atoms with Gasteiger partial charge in [0.15, 0.2) is 0 Å². The summed E-state index contributed by atoms with van der Waals surface area (Å²) in [5, 5.41) is 4.03. The molecule has 1 aliphatic heterocycles. The van der Waals surface area contributed by atoms with Crippen molar-refractivity contribution in [3.8, 4) is 0 Å². The van der Waals surface area contributed by atoms with Crippen molar-refractivity contribution in [3.05, 3.63) is 54.5 Å². The second kappa shape index (κ2) is 5.57. The number of carbonyl (C=O) groups is 1. The summed E-state index contributed by atoms with van der Waals surface area (Å²) in [4.78, 5) is 15.7. The lowest BCUT2D eigenvalue weighted by Crippen LogP contribution is -2.39. The van der Waals surface area contributed by atoms with Gasteiger partial charge in [-0.15, -0.1) is 0 Å². The summed E-state index contributed by atoms with van der Waals surface area (Å²) >= 11 is 0. The minimum Gasteiger partial charge on any atom is -0.359 e. The molecule has 2 atom stereocenters. The van der Waals surface area contributed by atoms with Crippen LogP contribution < -0.4 is 16.2 Å². The van der Waals surface area contributed by atoms with Crippen molar-refractivity contribution in [2.75, 3.05) is 5.32 Å². The van der Waals surface area contributed by atoms with Gasteiger partial charge in [-0.2, -0.15) is 0 Å². The second-order valence-electron chi connectivity index (χ2n) is 5.91. The van der Waals surface area contributed by atoms with Gasteiger partial charge in [0, 0.05) is 36.0 Å². The van der Waals surface area contributed by atoms with Crippen LogP contribution in [0.4, 0.5) is 5.69 Å². The molecular weight excluding hydrogens is 290 g/mol. The second-order valence-corrected chi connectivity index (χ2v) is 5.91. The molecule has 2 unspecified atom stereocenters. The Labute approximate surface area is 133 Å². The summed E-state index contributed by atoms with van der Waals surface area (Å²) in [5.74, 6) is -0.0287. The molecule has 4 rings (SSSR count).